The molecule has 3 rings (SSSR count). The Bertz CT molecular complexity index is 978. The van der Waals surface area contributed by atoms with E-state index in [4.69, 9.17) is 0 Å². The van der Waals surface area contributed by atoms with Crippen molar-refractivity contribution in [3.05, 3.63) is 63.8 Å². The summed E-state index contributed by atoms with van der Waals surface area (Å²) in [4.78, 5) is 45.0. The zero-order valence-corrected chi connectivity index (χ0v) is 19.3. The van der Waals surface area contributed by atoms with Crippen LogP contribution in [0.5, 0.6) is 0 Å². The van der Waals surface area contributed by atoms with E-state index in [0.29, 0.717) is 25.4 Å². The topological polar surface area (TPSA) is 84.3 Å². The molecule has 1 N–H and O–H groups in total. The Morgan fingerprint density at radius 2 is 1.91 bits per heavy atom. The molecule has 2 aromatic heterocycles. The normalized spacial score (nSPS) is 14.0. The van der Waals surface area contributed by atoms with Gasteiger partial charge in [0, 0.05) is 56.9 Å². The number of nitrogens with zero attached hydrogens (tertiary/aromatic N) is 3. The summed E-state index contributed by atoms with van der Waals surface area (Å²) in [5, 5.41) is 2.98. The number of amides is 2. The van der Waals surface area contributed by atoms with Gasteiger partial charge in [-0.05, 0) is 37.3 Å². The van der Waals surface area contributed by atoms with Crippen LogP contribution in [0.15, 0.2) is 41.6 Å². The summed E-state index contributed by atoms with van der Waals surface area (Å²) in [6.07, 6.45) is 10.4. The first-order chi connectivity index (χ1) is 15.3. The Morgan fingerprint density at radius 1 is 1.19 bits per heavy atom. The third-order valence-electron chi connectivity index (χ3n) is 5.99. The van der Waals surface area contributed by atoms with Crippen LogP contribution in [0.2, 0.25) is 0 Å². The van der Waals surface area contributed by atoms with Gasteiger partial charge in [-0.25, -0.2) is 0 Å². The molecule has 2 aromatic rings. The molecule has 0 bridgehead atoms. The van der Waals surface area contributed by atoms with E-state index >= 15 is 0 Å². The van der Waals surface area contributed by atoms with Crippen LogP contribution in [0.3, 0.4) is 0 Å². The molecule has 1 saturated carbocycles. The molecule has 1 aliphatic carbocycles. The second-order valence-electron chi connectivity index (χ2n) is 9.09. The number of hydrogen-bond acceptors (Lipinski definition) is 4. The minimum absolute atomic E-state index is 0.0383. The molecular weight excluding hydrogens is 404 g/mol. The van der Waals surface area contributed by atoms with Gasteiger partial charge in [-0.15, -0.1) is 0 Å². The third-order valence-corrected chi connectivity index (χ3v) is 5.99. The van der Waals surface area contributed by atoms with E-state index in [2.05, 4.69) is 24.1 Å². The van der Waals surface area contributed by atoms with Crippen molar-refractivity contribution in [3.8, 4) is 0 Å². The fraction of sp³-hybridized carbons (Fsp3) is 0.520. The first-order valence-corrected chi connectivity index (χ1v) is 11.6. The minimum Gasteiger partial charge on any atom is -0.352 e. The standard InChI is InChI=1S/C25H34N4O3/c1-18(2)11-15-29-16-21(24(31)27-20-9-4-5-10-20)23(30)22(17-29)25(32)28(3)14-12-19-8-6-7-13-26-19/h6-8,13,16-18,20H,4-5,9-12,14-15H2,1-3H3,(H,27,31). The highest BCUT2D eigenvalue weighted by atomic mass is 16.2. The average Bonchev–Trinajstić information content (AvgIpc) is 3.29. The zero-order valence-electron chi connectivity index (χ0n) is 19.3. The van der Waals surface area contributed by atoms with Crippen molar-refractivity contribution < 1.29 is 9.59 Å². The minimum atomic E-state index is -0.504. The Labute approximate surface area is 189 Å². The van der Waals surface area contributed by atoms with Crippen LogP contribution in [-0.2, 0) is 13.0 Å². The molecule has 0 unspecified atom stereocenters. The SMILES string of the molecule is CC(C)CCn1cc(C(=O)NC2CCCC2)c(=O)c(C(=O)N(C)CCc2ccccn2)c1. The van der Waals surface area contributed by atoms with E-state index < -0.39 is 5.43 Å². The van der Waals surface area contributed by atoms with Gasteiger partial charge in [-0.3, -0.25) is 19.4 Å². The van der Waals surface area contributed by atoms with Crippen LogP contribution < -0.4 is 10.7 Å². The number of nitrogens with one attached hydrogen (secondary N) is 1. The van der Waals surface area contributed by atoms with Crippen molar-refractivity contribution in [2.75, 3.05) is 13.6 Å². The van der Waals surface area contributed by atoms with Gasteiger partial charge >= 0.3 is 0 Å². The monoisotopic (exact) mass is 438 g/mol. The maximum absolute atomic E-state index is 13.2. The predicted octanol–water partition coefficient (Wildman–Crippen LogP) is 3.28. The largest absolute Gasteiger partial charge is 0.352 e. The summed E-state index contributed by atoms with van der Waals surface area (Å²) < 4.78 is 1.81. The van der Waals surface area contributed by atoms with Crippen LogP contribution in [-0.4, -0.2) is 45.9 Å². The smallest absolute Gasteiger partial charge is 0.259 e. The van der Waals surface area contributed by atoms with E-state index in [9.17, 15) is 14.4 Å². The molecule has 32 heavy (non-hydrogen) atoms. The van der Waals surface area contributed by atoms with Crippen molar-refractivity contribution in [1.82, 2.24) is 19.8 Å². The molecule has 2 heterocycles. The third kappa shape index (κ3) is 6.28. The van der Waals surface area contributed by atoms with Gasteiger partial charge in [0.15, 0.2) is 0 Å². The van der Waals surface area contributed by atoms with E-state index in [1.165, 1.54) is 4.90 Å². The molecule has 1 aliphatic rings. The average molecular weight is 439 g/mol. The van der Waals surface area contributed by atoms with Crippen LogP contribution >= 0.6 is 0 Å². The van der Waals surface area contributed by atoms with Crippen molar-refractivity contribution in [1.29, 1.82) is 0 Å². The number of hydrogen-bond donors (Lipinski definition) is 1. The first kappa shape index (κ1) is 23.7. The Balaban J connectivity index is 1.83. The molecule has 172 valence electrons. The second-order valence-corrected chi connectivity index (χ2v) is 9.09. The lowest BCUT2D eigenvalue weighted by Crippen LogP contribution is -2.39. The quantitative estimate of drug-likeness (QED) is 0.651. The van der Waals surface area contributed by atoms with Crippen molar-refractivity contribution in [2.24, 2.45) is 5.92 Å². The van der Waals surface area contributed by atoms with Crippen LogP contribution in [0.1, 0.15) is 72.4 Å². The number of rotatable bonds is 9. The van der Waals surface area contributed by atoms with E-state index in [-0.39, 0.29) is 29.0 Å². The van der Waals surface area contributed by atoms with Gasteiger partial charge in [-0.2, -0.15) is 0 Å². The molecule has 0 atom stereocenters. The molecule has 0 spiro atoms. The first-order valence-electron chi connectivity index (χ1n) is 11.6. The summed E-state index contributed by atoms with van der Waals surface area (Å²) in [6.45, 7) is 5.31. The highest BCUT2D eigenvalue weighted by Gasteiger charge is 2.24. The van der Waals surface area contributed by atoms with E-state index in [0.717, 1.165) is 37.8 Å². The molecule has 0 saturated heterocycles. The maximum atomic E-state index is 13.2. The molecule has 2 amide bonds. The lowest BCUT2D eigenvalue weighted by Gasteiger charge is -2.19. The van der Waals surface area contributed by atoms with Crippen LogP contribution in [0.4, 0.5) is 0 Å². The molecule has 7 heteroatoms. The van der Waals surface area contributed by atoms with Gasteiger partial charge in [0.1, 0.15) is 11.1 Å². The fourth-order valence-electron chi connectivity index (χ4n) is 3.95. The van der Waals surface area contributed by atoms with E-state index in [1.54, 1.807) is 25.6 Å². The molecule has 1 fully saturated rings. The number of carbonyl (C=O) groups excluding carboxylic acids is 2. The lowest BCUT2D eigenvalue weighted by molar-refractivity contribution is 0.0794. The molecular formula is C25H34N4O3. The highest BCUT2D eigenvalue weighted by molar-refractivity contribution is 5.99. The Kier molecular flexibility index (Phi) is 8.20. The zero-order chi connectivity index (χ0) is 23.1. The Hall–Kier alpha value is -2.96. The van der Waals surface area contributed by atoms with Gasteiger partial charge < -0.3 is 14.8 Å². The number of aryl methyl sites for hydroxylation is 1. The summed E-state index contributed by atoms with van der Waals surface area (Å²) in [6, 6.07) is 5.77. The highest BCUT2D eigenvalue weighted by Crippen LogP contribution is 2.18. The number of likely N-dealkylation sites (N-methyl/N-ethyl adjacent to an activating group) is 1. The van der Waals surface area contributed by atoms with Crippen LogP contribution in [0.25, 0.3) is 0 Å². The van der Waals surface area contributed by atoms with Crippen molar-refractivity contribution in [2.45, 2.75) is 65.0 Å². The van der Waals surface area contributed by atoms with Gasteiger partial charge in [0.25, 0.3) is 11.8 Å². The Morgan fingerprint density at radius 3 is 2.56 bits per heavy atom. The number of pyridine rings is 2. The number of carbonyl (C=O) groups is 2. The molecule has 0 aliphatic heterocycles. The second kappa shape index (κ2) is 11.1. The molecule has 7 nitrogen and oxygen atoms in total. The van der Waals surface area contributed by atoms with Gasteiger partial charge in [0.2, 0.25) is 5.43 Å². The molecule has 0 radical (unpaired) electrons. The fourth-order valence-corrected chi connectivity index (χ4v) is 3.95. The van der Waals surface area contributed by atoms with Crippen LogP contribution in [0, 0.1) is 5.92 Å². The van der Waals surface area contributed by atoms with Crippen molar-refractivity contribution >= 4 is 11.8 Å². The van der Waals surface area contributed by atoms with Gasteiger partial charge in [0.05, 0.1) is 0 Å². The maximum Gasteiger partial charge on any atom is 0.259 e. The number of aromatic nitrogens is 2. The summed E-state index contributed by atoms with van der Waals surface area (Å²) in [5.41, 5.74) is 0.461. The predicted molar refractivity (Wildman–Crippen MR) is 125 cm³/mol. The van der Waals surface area contributed by atoms with Crippen molar-refractivity contribution in [3.63, 3.8) is 0 Å². The summed E-state index contributed by atoms with van der Waals surface area (Å²) in [5.74, 6) is -0.295. The molecule has 0 aromatic carbocycles. The van der Waals surface area contributed by atoms with E-state index in [1.807, 2.05) is 22.8 Å². The van der Waals surface area contributed by atoms with Gasteiger partial charge in [-0.1, -0.05) is 32.8 Å². The summed E-state index contributed by atoms with van der Waals surface area (Å²) in [7, 11) is 1.68. The summed E-state index contributed by atoms with van der Waals surface area (Å²) >= 11 is 0. The lowest BCUT2D eigenvalue weighted by atomic mass is 10.1.